The van der Waals surface area contributed by atoms with Gasteiger partial charge in [-0.2, -0.15) is 0 Å². The lowest BCUT2D eigenvalue weighted by Gasteiger charge is -2.29. The summed E-state index contributed by atoms with van der Waals surface area (Å²) in [5, 5.41) is 13.3. The van der Waals surface area contributed by atoms with Crippen LogP contribution in [0.15, 0.2) is 24.4 Å². The van der Waals surface area contributed by atoms with Gasteiger partial charge in [-0.3, -0.25) is 24.4 Å². The molecule has 1 fully saturated rings. The van der Waals surface area contributed by atoms with Crippen LogP contribution in [0, 0.1) is 23.0 Å². The fraction of sp³-hybridized carbons (Fsp3) is 0.375. The Kier molecular flexibility index (Phi) is 9.54. The number of fused-ring (bicyclic) bond motifs is 1. The Balaban J connectivity index is 0.00000158. The molecule has 4 rings (SSSR count). The highest BCUT2D eigenvalue weighted by Crippen LogP contribution is 2.29. The molecule has 0 saturated carbocycles. The van der Waals surface area contributed by atoms with Gasteiger partial charge in [-0.05, 0) is 50.6 Å². The van der Waals surface area contributed by atoms with Gasteiger partial charge in [0.25, 0.3) is 5.91 Å². The van der Waals surface area contributed by atoms with Gasteiger partial charge in [0.05, 0.1) is 6.20 Å². The molecule has 1 aromatic carbocycles. The average molecular weight is 589 g/mol. The predicted molar refractivity (Wildman–Crippen MR) is 138 cm³/mol. The largest absolute Gasteiger partial charge is 0.322 e. The number of imide groups is 1. The molecule has 1 atom stereocenters. The van der Waals surface area contributed by atoms with Gasteiger partial charge in [-0.25, -0.2) is 0 Å². The van der Waals surface area contributed by atoms with Crippen LogP contribution in [-0.4, -0.2) is 43.7 Å². The van der Waals surface area contributed by atoms with E-state index < -0.39 is 11.9 Å². The molecule has 8 nitrogen and oxygen atoms in total. The Bertz CT molecular complexity index is 1200. The van der Waals surface area contributed by atoms with E-state index in [2.05, 4.69) is 59.8 Å². The van der Waals surface area contributed by atoms with E-state index in [4.69, 9.17) is 0 Å². The monoisotopic (exact) mass is 589 g/mol. The number of benzene rings is 1. The Morgan fingerprint density at radius 2 is 2.06 bits per heavy atom. The number of hydrogen-bond donors (Lipinski definition) is 1. The summed E-state index contributed by atoms with van der Waals surface area (Å²) in [6.07, 6.45) is 3.87. The zero-order valence-corrected chi connectivity index (χ0v) is 21.9. The maximum atomic E-state index is 12.9. The Hall–Kier alpha value is -2.83. The van der Waals surface area contributed by atoms with E-state index in [1.165, 1.54) is 8.93 Å². The molecule has 0 aliphatic carbocycles. The number of nitrogens with one attached hydrogen (secondary N) is 1. The van der Waals surface area contributed by atoms with E-state index in [-0.39, 0.29) is 18.2 Å². The Morgan fingerprint density at radius 1 is 1.24 bits per heavy atom. The molecule has 2 aliphatic rings. The van der Waals surface area contributed by atoms with E-state index in [1.807, 2.05) is 26.1 Å². The highest BCUT2D eigenvalue weighted by atomic mass is 127. The molecule has 1 N–H and O–H groups in total. The Labute approximate surface area is 215 Å². The number of piperidine rings is 1. The van der Waals surface area contributed by atoms with Crippen LogP contribution in [-0.2, 0) is 22.7 Å². The molecule has 3 heterocycles. The summed E-state index contributed by atoms with van der Waals surface area (Å²) < 4.78 is 1.75. The highest BCUT2D eigenvalue weighted by Gasteiger charge is 2.39. The lowest BCUT2D eigenvalue weighted by Crippen LogP contribution is -2.52. The van der Waals surface area contributed by atoms with Gasteiger partial charge in [0, 0.05) is 58.3 Å². The average Bonchev–Trinajstić information content (AvgIpc) is 3.43. The summed E-state index contributed by atoms with van der Waals surface area (Å²) >= 11 is 2.10. The van der Waals surface area contributed by atoms with Crippen molar-refractivity contribution in [2.75, 3.05) is 0 Å². The number of halogens is 1. The van der Waals surface area contributed by atoms with Crippen molar-refractivity contribution >= 4 is 47.9 Å². The first-order chi connectivity index (χ1) is 16.6. The predicted octanol–water partition coefficient (Wildman–Crippen LogP) is 3.29. The number of rotatable bonds is 4. The molecule has 2 aliphatic heterocycles. The van der Waals surface area contributed by atoms with Gasteiger partial charge in [0.2, 0.25) is 11.8 Å². The SMILES string of the molecule is CC.O=C1CCC(N2Cc3c(C#CCCCn4cc(C#CSI)nn4)cccc3C2=O)C(=O)N1. The maximum Gasteiger partial charge on any atom is 0.255 e. The number of aromatic nitrogens is 3. The molecule has 0 bridgehead atoms. The quantitative estimate of drug-likeness (QED) is 0.255. The van der Waals surface area contributed by atoms with Crippen molar-refractivity contribution in [1.29, 1.82) is 0 Å². The normalized spacial score (nSPS) is 16.4. The van der Waals surface area contributed by atoms with Crippen LogP contribution in [0.3, 0.4) is 0 Å². The third kappa shape index (κ3) is 6.19. The summed E-state index contributed by atoms with van der Waals surface area (Å²) in [5.74, 6) is 8.35. The zero-order chi connectivity index (χ0) is 24.5. The molecule has 10 heteroatoms. The van der Waals surface area contributed by atoms with Crippen molar-refractivity contribution in [1.82, 2.24) is 25.2 Å². The minimum absolute atomic E-state index is 0.191. The van der Waals surface area contributed by atoms with Gasteiger partial charge < -0.3 is 4.90 Å². The third-order valence-corrected chi connectivity index (χ3v) is 6.09. The van der Waals surface area contributed by atoms with Crippen LogP contribution in [0.5, 0.6) is 0 Å². The van der Waals surface area contributed by atoms with Crippen LogP contribution in [0.2, 0.25) is 0 Å². The fourth-order valence-electron chi connectivity index (χ4n) is 3.73. The van der Waals surface area contributed by atoms with Gasteiger partial charge in [-0.15, -0.1) is 5.10 Å². The lowest BCUT2D eigenvalue weighted by molar-refractivity contribution is -0.136. The maximum absolute atomic E-state index is 12.9. The summed E-state index contributed by atoms with van der Waals surface area (Å²) in [6, 6.07) is 4.83. The van der Waals surface area contributed by atoms with Crippen LogP contribution < -0.4 is 5.32 Å². The number of nitrogens with zero attached hydrogens (tertiary/aromatic N) is 4. The molecule has 176 valence electrons. The van der Waals surface area contributed by atoms with Crippen molar-refractivity contribution in [3.8, 4) is 23.0 Å². The van der Waals surface area contributed by atoms with E-state index in [0.29, 0.717) is 37.2 Å². The first-order valence-electron chi connectivity index (χ1n) is 11.0. The smallest absolute Gasteiger partial charge is 0.255 e. The number of unbranched alkanes of at least 4 members (excludes halogenated alkanes) is 1. The van der Waals surface area contributed by atoms with E-state index in [0.717, 1.165) is 17.5 Å². The molecule has 34 heavy (non-hydrogen) atoms. The second-order valence-electron chi connectivity index (χ2n) is 7.31. The number of carbonyl (C=O) groups is 3. The number of carbonyl (C=O) groups excluding carboxylic acids is 3. The number of amides is 3. The molecule has 0 radical (unpaired) electrons. The van der Waals surface area contributed by atoms with Crippen molar-refractivity contribution in [3.05, 3.63) is 46.8 Å². The van der Waals surface area contributed by atoms with Crippen LogP contribution in [0.25, 0.3) is 0 Å². The molecule has 1 saturated heterocycles. The van der Waals surface area contributed by atoms with Crippen LogP contribution in [0.1, 0.15) is 66.7 Å². The first-order valence-corrected chi connectivity index (χ1v) is 14.4. The fourth-order valence-corrected chi connectivity index (χ4v) is 4.20. The minimum Gasteiger partial charge on any atom is -0.322 e. The second-order valence-corrected chi connectivity index (χ2v) is 8.99. The van der Waals surface area contributed by atoms with Crippen molar-refractivity contribution < 1.29 is 14.4 Å². The summed E-state index contributed by atoms with van der Waals surface area (Å²) in [4.78, 5) is 38.0. The summed E-state index contributed by atoms with van der Waals surface area (Å²) in [6.45, 7) is 5.01. The molecule has 1 unspecified atom stereocenters. The topological polar surface area (TPSA) is 97.2 Å². The summed E-state index contributed by atoms with van der Waals surface area (Å²) in [5.41, 5.74) is 2.84. The molecule has 2 aromatic rings. The summed E-state index contributed by atoms with van der Waals surface area (Å²) in [7, 11) is 1.40. The van der Waals surface area contributed by atoms with Crippen molar-refractivity contribution in [3.63, 3.8) is 0 Å². The second kappa shape index (κ2) is 12.6. The number of hydrogen-bond acceptors (Lipinski definition) is 6. The zero-order valence-electron chi connectivity index (χ0n) is 18.9. The standard InChI is InChI=1S/C22H18IN5O3S.C2H6/c23-32-12-10-16-13-27(26-25-16)11-3-1-2-5-15-6-4-7-17-18(15)14-28(22(17)31)19-8-9-20(29)24-21(19)30;1-2/h4,6-7,13,19H,1,3,8-9,11,14H2,(H,24,29,30);1-2H3. The van der Waals surface area contributed by atoms with E-state index in [9.17, 15) is 14.4 Å². The lowest BCUT2D eigenvalue weighted by atomic mass is 10.0. The Morgan fingerprint density at radius 3 is 2.82 bits per heavy atom. The van der Waals surface area contributed by atoms with Crippen LogP contribution >= 0.6 is 30.1 Å². The minimum atomic E-state index is -0.624. The molecular formula is C24H24IN5O3S. The molecular weight excluding hydrogens is 565 g/mol. The number of aryl methyl sites for hydroxylation is 1. The van der Waals surface area contributed by atoms with Crippen LogP contribution in [0.4, 0.5) is 0 Å². The first kappa shape index (κ1) is 25.8. The molecule has 3 amide bonds. The van der Waals surface area contributed by atoms with Gasteiger partial charge in [0.15, 0.2) is 5.69 Å². The van der Waals surface area contributed by atoms with Crippen molar-refractivity contribution in [2.24, 2.45) is 0 Å². The molecule has 0 spiro atoms. The van der Waals surface area contributed by atoms with Gasteiger partial charge in [-0.1, -0.05) is 37.0 Å². The van der Waals surface area contributed by atoms with E-state index in [1.54, 1.807) is 21.7 Å². The van der Waals surface area contributed by atoms with Crippen molar-refractivity contribution in [2.45, 2.75) is 58.7 Å². The molecule has 1 aromatic heterocycles. The van der Waals surface area contributed by atoms with Gasteiger partial charge in [0.1, 0.15) is 6.04 Å². The van der Waals surface area contributed by atoms with E-state index >= 15 is 0 Å². The highest BCUT2D eigenvalue weighted by molar-refractivity contribution is 14.2. The third-order valence-electron chi connectivity index (χ3n) is 5.25. The van der Waals surface area contributed by atoms with Gasteiger partial charge >= 0.3 is 0 Å².